The molecule has 7 N–H and O–H groups in total. The van der Waals surface area contributed by atoms with E-state index in [0.29, 0.717) is 31.4 Å². The SMILES string of the molecule is CSCC[C@H](NC(=O)[C@H](CC(C)C)NC(=O)COCC(Cc1ccccc1)NC(=O)[C@H](Cc1ccccc1)NC(=O)[C@@H]1CCC(=O)N1)C(N)=O. The second-order valence-corrected chi connectivity index (χ2v) is 13.8. The Hall–Kier alpha value is -4.43. The minimum atomic E-state index is -0.945. The van der Waals surface area contributed by atoms with Gasteiger partial charge in [-0.25, -0.2) is 0 Å². The number of carbonyl (C=O) groups is 6. The lowest BCUT2D eigenvalue weighted by Crippen LogP contribution is -2.55. The third-order valence-electron chi connectivity index (χ3n) is 8.08. The molecule has 1 fully saturated rings. The first-order chi connectivity index (χ1) is 23.9. The third kappa shape index (κ3) is 14.2. The summed E-state index contributed by atoms with van der Waals surface area (Å²) < 4.78 is 5.79. The van der Waals surface area contributed by atoms with Crippen molar-refractivity contribution in [2.45, 2.75) is 82.6 Å². The fraction of sp³-hybridized carbons (Fsp3) is 0.500. The Morgan fingerprint density at radius 2 is 1.48 bits per heavy atom. The Morgan fingerprint density at radius 1 is 0.860 bits per heavy atom. The number of nitrogens with two attached hydrogens (primary N) is 1. The second kappa shape index (κ2) is 20.9. The Kier molecular flexibility index (Phi) is 16.8. The third-order valence-corrected chi connectivity index (χ3v) is 8.72. The van der Waals surface area contributed by atoms with Crippen molar-refractivity contribution < 1.29 is 33.5 Å². The fourth-order valence-corrected chi connectivity index (χ4v) is 5.99. The minimum Gasteiger partial charge on any atom is -0.369 e. The fourth-order valence-electron chi connectivity index (χ4n) is 5.52. The molecule has 0 aliphatic carbocycles. The Bertz CT molecular complexity index is 1430. The van der Waals surface area contributed by atoms with Gasteiger partial charge in [0.1, 0.15) is 30.8 Å². The summed E-state index contributed by atoms with van der Waals surface area (Å²) in [5, 5.41) is 13.8. The Balaban J connectivity index is 1.67. The number of hydrogen-bond donors (Lipinski definition) is 6. The highest BCUT2D eigenvalue weighted by Gasteiger charge is 2.32. The van der Waals surface area contributed by atoms with E-state index in [1.165, 1.54) is 11.8 Å². The van der Waals surface area contributed by atoms with Gasteiger partial charge in [-0.05, 0) is 54.7 Å². The van der Waals surface area contributed by atoms with Crippen molar-refractivity contribution in [1.29, 1.82) is 0 Å². The van der Waals surface area contributed by atoms with E-state index in [-0.39, 0.29) is 37.9 Å². The van der Waals surface area contributed by atoms with Crippen LogP contribution >= 0.6 is 11.8 Å². The minimum absolute atomic E-state index is 0.0434. The van der Waals surface area contributed by atoms with Crippen LogP contribution in [-0.4, -0.2) is 90.9 Å². The molecule has 1 aliphatic rings. The zero-order valence-corrected chi connectivity index (χ0v) is 29.8. The lowest BCUT2D eigenvalue weighted by Gasteiger charge is -2.25. The average Bonchev–Trinajstić information content (AvgIpc) is 3.52. The molecule has 14 heteroatoms. The maximum Gasteiger partial charge on any atom is 0.246 e. The van der Waals surface area contributed by atoms with Crippen LogP contribution in [0.2, 0.25) is 0 Å². The highest BCUT2D eigenvalue weighted by molar-refractivity contribution is 7.98. The summed E-state index contributed by atoms with van der Waals surface area (Å²) in [6.45, 7) is 3.39. The van der Waals surface area contributed by atoms with Gasteiger partial charge >= 0.3 is 0 Å². The summed E-state index contributed by atoms with van der Waals surface area (Å²) in [6, 6.07) is 14.7. The van der Waals surface area contributed by atoms with Gasteiger partial charge in [0.15, 0.2) is 0 Å². The first kappa shape index (κ1) is 40.0. The molecule has 2 aromatic rings. The van der Waals surface area contributed by atoms with Gasteiger partial charge in [-0.1, -0.05) is 74.5 Å². The van der Waals surface area contributed by atoms with Crippen molar-refractivity contribution in [3.8, 4) is 0 Å². The number of nitrogens with one attached hydrogen (secondary N) is 5. The quantitative estimate of drug-likeness (QED) is 0.110. The van der Waals surface area contributed by atoms with Crippen molar-refractivity contribution in [2.75, 3.05) is 25.2 Å². The molecule has 2 aromatic carbocycles. The Morgan fingerprint density at radius 3 is 2.04 bits per heavy atom. The van der Waals surface area contributed by atoms with Crippen LogP contribution in [0.25, 0.3) is 0 Å². The maximum absolute atomic E-state index is 13.8. The number of hydrogen-bond acceptors (Lipinski definition) is 8. The van der Waals surface area contributed by atoms with Gasteiger partial charge in [0.2, 0.25) is 35.4 Å². The molecule has 5 atom stereocenters. The van der Waals surface area contributed by atoms with E-state index in [0.717, 1.165) is 11.1 Å². The van der Waals surface area contributed by atoms with Crippen molar-refractivity contribution in [1.82, 2.24) is 26.6 Å². The molecule has 50 heavy (non-hydrogen) atoms. The predicted octanol–water partition coefficient (Wildman–Crippen LogP) is 0.991. The van der Waals surface area contributed by atoms with E-state index >= 15 is 0 Å². The lowest BCUT2D eigenvalue weighted by molar-refractivity contribution is -0.133. The van der Waals surface area contributed by atoms with E-state index in [1.54, 1.807) is 0 Å². The van der Waals surface area contributed by atoms with Crippen LogP contribution in [-0.2, 0) is 46.3 Å². The van der Waals surface area contributed by atoms with E-state index < -0.39 is 59.7 Å². The van der Waals surface area contributed by atoms with Crippen LogP contribution in [0.3, 0.4) is 0 Å². The average molecular weight is 711 g/mol. The predicted molar refractivity (Wildman–Crippen MR) is 192 cm³/mol. The summed E-state index contributed by atoms with van der Waals surface area (Å²) in [7, 11) is 0. The van der Waals surface area contributed by atoms with Crippen molar-refractivity contribution >= 4 is 47.2 Å². The Labute approximate surface area is 298 Å². The van der Waals surface area contributed by atoms with Gasteiger partial charge in [0.05, 0.1) is 12.6 Å². The molecule has 0 spiro atoms. The molecule has 0 radical (unpaired) electrons. The molecule has 0 saturated carbocycles. The number of rotatable bonds is 21. The standard InChI is InChI=1S/C36H50N6O7S/c1-23(2)18-29(36(48)41-27(33(37)45)16-17-50-3)40-32(44)22-49-21-26(19-24-10-6-4-7-11-24)38-35(47)30(20-25-12-8-5-9-13-25)42-34(46)28-14-15-31(43)39-28/h4-13,23,26-30H,14-22H2,1-3H3,(H2,37,45)(H,38,47)(H,39,43)(H,40,44)(H,41,48)(H,42,46)/t26?,27-,28-,29-,30-/m0/s1. The molecule has 13 nitrogen and oxygen atoms in total. The van der Waals surface area contributed by atoms with Crippen molar-refractivity contribution in [3.05, 3.63) is 71.8 Å². The van der Waals surface area contributed by atoms with Crippen molar-refractivity contribution in [2.24, 2.45) is 11.7 Å². The van der Waals surface area contributed by atoms with Crippen LogP contribution < -0.4 is 32.3 Å². The second-order valence-electron chi connectivity index (χ2n) is 12.8. The van der Waals surface area contributed by atoms with E-state index in [4.69, 9.17) is 10.5 Å². The molecule has 272 valence electrons. The van der Waals surface area contributed by atoms with Gasteiger partial charge in [-0.2, -0.15) is 11.8 Å². The van der Waals surface area contributed by atoms with Gasteiger partial charge in [-0.15, -0.1) is 0 Å². The number of benzene rings is 2. The summed E-state index contributed by atoms with van der Waals surface area (Å²) in [4.78, 5) is 76.5. The van der Waals surface area contributed by atoms with Gasteiger partial charge in [0.25, 0.3) is 0 Å². The zero-order valence-electron chi connectivity index (χ0n) is 28.9. The van der Waals surface area contributed by atoms with Gasteiger partial charge in [-0.3, -0.25) is 28.8 Å². The summed E-state index contributed by atoms with van der Waals surface area (Å²) in [5.74, 6) is -2.10. The van der Waals surface area contributed by atoms with E-state index in [9.17, 15) is 28.8 Å². The lowest BCUT2D eigenvalue weighted by atomic mass is 10.0. The first-order valence-electron chi connectivity index (χ1n) is 16.9. The smallest absolute Gasteiger partial charge is 0.246 e. The summed E-state index contributed by atoms with van der Waals surface area (Å²) in [6.07, 6.45) is 3.77. The molecule has 1 heterocycles. The van der Waals surface area contributed by atoms with Crippen molar-refractivity contribution in [3.63, 3.8) is 0 Å². The summed E-state index contributed by atoms with van der Waals surface area (Å²) in [5.41, 5.74) is 7.24. The molecule has 1 aliphatic heterocycles. The van der Waals surface area contributed by atoms with Crippen LogP contribution in [0.1, 0.15) is 50.7 Å². The van der Waals surface area contributed by atoms with Crippen LogP contribution in [0.5, 0.6) is 0 Å². The van der Waals surface area contributed by atoms with Gasteiger partial charge < -0.3 is 37.1 Å². The number of amides is 6. The van der Waals surface area contributed by atoms with Crippen LogP contribution in [0.4, 0.5) is 0 Å². The highest BCUT2D eigenvalue weighted by Crippen LogP contribution is 2.11. The highest BCUT2D eigenvalue weighted by atomic mass is 32.2. The van der Waals surface area contributed by atoms with Gasteiger partial charge in [0, 0.05) is 12.8 Å². The number of primary amides is 1. The largest absolute Gasteiger partial charge is 0.369 e. The first-order valence-corrected chi connectivity index (χ1v) is 18.3. The molecule has 0 aromatic heterocycles. The molecule has 6 amide bonds. The van der Waals surface area contributed by atoms with E-state index in [2.05, 4.69) is 26.6 Å². The number of ether oxygens (including phenoxy) is 1. The zero-order chi connectivity index (χ0) is 36.5. The normalized spacial score (nSPS) is 16.4. The molecular formula is C36H50N6O7S. The molecule has 1 saturated heterocycles. The van der Waals surface area contributed by atoms with Crippen LogP contribution in [0.15, 0.2) is 60.7 Å². The monoisotopic (exact) mass is 710 g/mol. The topological polar surface area (TPSA) is 198 Å². The number of carbonyl (C=O) groups excluding carboxylic acids is 6. The number of thioether (sulfide) groups is 1. The van der Waals surface area contributed by atoms with Crippen LogP contribution in [0, 0.1) is 5.92 Å². The van der Waals surface area contributed by atoms with E-state index in [1.807, 2.05) is 80.8 Å². The summed E-state index contributed by atoms with van der Waals surface area (Å²) >= 11 is 1.52. The molecular weight excluding hydrogens is 660 g/mol. The molecule has 0 bridgehead atoms. The molecule has 3 rings (SSSR count). The maximum atomic E-state index is 13.8. The molecule has 1 unspecified atom stereocenters.